The van der Waals surface area contributed by atoms with E-state index in [1.807, 2.05) is 57.2 Å². The molecule has 0 amide bonds. The van der Waals surface area contributed by atoms with Crippen LogP contribution in [0, 0.1) is 0 Å². The Kier molecular flexibility index (Phi) is 4.25. The number of benzene rings is 2. The van der Waals surface area contributed by atoms with Crippen molar-refractivity contribution in [3.63, 3.8) is 0 Å². The van der Waals surface area contributed by atoms with Crippen molar-refractivity contribution in [2.45, 2.75) is 45.4 Å². The summed E-state index contributed by atoms with van der Waals surface area (Å²) in [5, 5.41) is 19.8. The second kappa shape index (κ2) is 5.73. The van der Waals surface area contributed by atoms with Gasteiger partial charge in [-0.1, -0.05) is 71.0 Å². The van der Waals surface area contributed by atoms with Gasteiger partial charge in [0.25, 0.3) is 0 Å². The Hall–Kier alpha value is -2.29. The summed E-state index contributed by atoms with van der Waals surface area (Å²) in [6.45, 7) is 10.0. The molecule has 23 heavy (non-hydrogen) atoms. The van der Waals surface area contributed by atoms with Gasteiger partial charge >= 0.3 is 5.97 Å². The van der Waals surface area contributed by atoms with Gasteiger partial charge in [0.1, 0.15) is 11.3 Å². The molecule has 0 aliphatic rings. The number of hydrogen-bond donors (Lipinski definition) is 2. The molecule has 0 aliphatic heterocycles. The van der Waals surface area contributed by atoms with Crippen molar-refractivity contribution in [2.24, 2.45) is 0 Å². The van der Waals surface area contributed by atoms with E-state index in [1.165, 1.54) is 0 Å². The van der Waals surface area contributed by atoms with Crippen molar-refractivity contribution < 1.29 is 15.0 Å². The third-order valence-corrected chi connectivity index (χ3v) is 4.37. The average Bonchev–Trinajstić information content (AvgIpc) is 2.46. The first-order chi connectivity index (χ1) is 10.5. The van der Waals surface area contributed by atoms with Crippen LogP contribution in [0.1, 0.15) is 61.7 Å². The van der Waals surface area contributed by atoms with Crippen molar-refractivity contribution in [1.82, 2.24) is 0 Å². The van der Waals surface area contributed by atoms with Crippen molar-refractivity contribution in [1.29, 1.82) is 0 Å². The van der Waals surface area contributed by atoms with Crippen LogP contribution in [-0.4, -0.2) is 16.2 Å². The number of aromatic carboxylic acids is 1. The van der Waals surface area contributed by atoms with E-state index in [2.05, 4.69) is 13.8 Å². The summed E-state index contributed by atoms with van der Waals surface area (Å²) in [4.78, 5) is 11.6. The molecule has 3 heteroatoms. The van der Waals surface area contributed by atoms with E-state index in [-0.39, 0.29) is 22.1 Å². The highest BCUT2D eigenvalue weighted by Crippen LogP contribution is 2.39. The lowest BCUT2D eigenvalue weighted by Crippen LogP contribution is -2.22. The number of carboxylic acid groups (broad SMARTS) is 1. The number of phenols is 1. The van der Waals surface area contributed by atoms with E-state index >= 15 is 0 Å². The van der Waals surface area contributed by atoms with Gasteiger partial charge in [-0.05, 0) is 22.6 Å². The molecule has 2 rings (SSSR count). The zero-order valence-electron chi connectivity index (χ0n) is 14.3. The van der Waals surface area contributed by atoms with E-state index in [0.717, 1.165) is 11.1 Å². The molecule has 0 aliphatic carbocycles. The molecular weight excluding hydrogens is 288 g/mol. The minimum absolute atomic E-state index is 0.0450. The van der Waals surface area contributed by atoms with Crippen LogP contribution < -0.4 is 0 Å². The van der Waals surface area contributed by atoms with Crippen molar-refractivity contribution >= 4 is 5.97 Å². The first-order valence-corrected chi connectivity index (χ1v) is 7.72. The molecule has 0 atom stereocenters. The molecule has 0 radical (unpaired) electrons. The first-order valence-electron chi connectivity index (χ1n) is 7.72. The van der Waals surface area contributed by atoms with Gasteiger partial charge in [0, 0.05) is 11.0 Å². The number of rotatable bonds is 3. The zero-order chi connectivity index (χ0) is 17.4. The van der Waals surface area contributed by atoms with Crippen LogP contribution in [0.5, 0.6) is 5.75 Å². The Morgan fingerprint density at radius 1 is 0.913 bits per heavy atom. The third kappa shape index (κ3) is 3.24. The van der Waals surface area contributed by atoms with Crippen LogP contribution in [0.25, 0.3) is 0 Å². The van der Waals surface area contributed by atoms with E-state index in [0.29, 0.717) is 5.56 Å². The van der Waals surface area contributed by atoms with Crippen LogP contribution in [0.15, 0.2) is 42.5 Å². The molecule has 2 aromatic carbocycles. The van der Waals surface area contributed by atoms with Gasteiger partial charge in [-0.2, -0.15) is 0 Å². The van der Waals surface area contributed by atoms with Crippen LogP contribution >= 0.6 is 0 Å². The van der Waals surface area contributed by atoms with Crippen LogP contribution in [0.2, 0.25) is 0 Å². The molecule has 0 saturated carbocycles. The van der Waals surface area contributed by atoms with Gasteiger partial charge < -0.3 is 10.2 Å². The first kappa shape index (κ1) is 17.1. The van der Waals surface area contributed by atoms with Gasteiger partial charge in [0.15, 0.2) is 0 Å². The summed E-state index contributed by atoms with van der Waals surface area (Å²) in [6.07, 6.45) is 0. The fraction of sp³-hybridized carbons (Fsp3) is 0.350. The fourth-order valence-electron chi connectivity index (χ4n) is 2.75. The molecule has 0 fully saturated rings. The molecule has 3 nitrogen and oxygen atoms in total. The van der Waals surface area contributed by atoms with Crippen LogP contribution in [-0.2, 0) is 10.8 Å². The van der Waals surface area contributed by atoms with E-state index in [9.17, 15) is 15.0 Å². The minimum Gasteiger partial charge on any atom is -0.507 e. The molecule has 122 valence electrons. The second-order valence-corrected chi connectivity index (χ2v) is 7.47. The summed E-state index contributed by atoms with van der Waals surface area (Å²) in [7, 11) is 0. The molecule has 0 unspecified atom stereocenters. The highest BCUT2D eigenvalue weighted by Gasteiger charge is 2.29. The lowest BCUT2D eigenvalue weighted by molar-refractivity contribution is 0.0693. The summed E-state index contributed by atoms with van der Waals surface area (Å²) in [5.74, 6) is -1.25. The molecule has 0 saturated heterocycles. The lowest BCUT2D eigenvalue weighted by Gasteiger charge is -2.30. The maximum atomic E-state index is 11.6. The molecule has 0 heterocycles. The Labute approximate surface area is 137 Å². The number of carboxylic acids is 1. The topological polar surface area (TPSA) is 57.5 Å². The third-order valence-electron chi connectivity index (χ3n) is 4.37. The monoisotopic (exact) mass is 312 g/mol. The Bertz CT molecular complexity index is 723. The second-order valence-electron chi connectivity index (χ2n) is 7.47. The Balaban J connectivity index is 2.73. The summed E-state index contributed by atoms with van der Waals surface area (Å²) >= 11 is 0. The number of hydrogen-bond acceptors (Lipinski definition) is 2. The smallest absolute Gasteiger partial charge is 0.339 e. The normalized spacial score (nSPS) is 12.2. The van der Waals surface area contributed by atoms with Crippen LogP contribution in [0.4, 0.5) is 0 Å². The summed E-state index contributed by atoms with van der Waals surface area (Å²) in [6, 6.07) is 13.5. The van der Waals surface area contributed by atoms with Gasteiger partial charge in [-0.25, -0.2) is 4.79 Å². The zero-order valence-corrected chi connectivity index (χ0v) is 14.3. The van der Waals surface area contributed by atoms with E-state index in [1.54, 1.807) is 6.07 Å². The maximum absolute atomic E-state index is 11.6. The largest absolute Gasteiger partial charge is 0.507 e. The molecular formula is C20H24O3. The highest BCUT2D eigenvalue weighted by atomic mass is 16.4. The number of aromatic hydroxyl groups is 1. The predicted molar refractivity (Wildman–Crippen MR) is 92.3 cm³/mol. The molecule has 0 bridgehead atoms. The quantitative estimate of drug-likeness (QED) is 0.862. The van der Waals surface area contributed by atoms with E-state index in [4.69, 9.17) is 0 Å². The lowest BCUT2D eigenvalue weighted by atomic mass is 9.74. The van der Waals surface area contributed by atoms with Crippen molar-refractivity contribution in [3.05, 3.63) is 64.7 Å². The predicted octanol–water partition coefficient (Wildman–Crippen LogP) is 4.71. The van der Waals surface area contributed by atoms with Crippen molar-refractivity contribution in [2.75, 3.05) is 0 Å². The van der Waals surface area contributed by atoms with Gasteiger partial charge in [0.2, 0.25) is 0 Å². The molecule has 2 N–H and O–H groups in total. The SMILES string of the molecule is CC(C)(C)c1cc(C(C)(C)c2ccccc2)cc(C(=O)O)c1O. The molecule has 2 aromatic rings. The van der Waals surface area contributed by atoms with Crippen molar-refractivity contribution in [3.8, 4) is 5.75 Å². The molecule has 0 aromatic heterocycles. The van der Waals surface area contributed by atoms with Gasteiger partial charge in [-0.15, -0.1) is 0 Å². The van der Waals surface area contributed by atoms with Gasteiger partial charge in [-0.3, -0.25) is 0 Å². The average molecular weight is 312 g/mol. The standard InChI is InChI=1S/C20H24O3/c1-19(2,3)16-12-14(11-15(17(16)21)18(22)23)20(4,5)13-9-7-6-8-10-13/h6-12,21H,1-5H3,(H,22,23). The van der Waals surface area contributed by atoms with E-state index < -0.39 is 5.97 Å². The van der Waals surface area contributed by atoms with Gasteiger partial charge in [0.05, 0.1) is 0 Å². The summed E-state index contributed by atoms with van der Waals surface area (Å²) < 4.78 is 0. The number of carbonyl (C=O) groups is 1. The minimum atomic E-state index is -1.11. The summed E-state index contributed by atoms with van der Waals surface area (Å²) in [5.41, 5.74) is 1.87. The maximum Gasteiger partial charge on any atom is 0.339 e. The fourth-order valence-corrected chi connectivity index (χ4v) is 2.75. The molecule has 0 spiro atoms. The highest BCUT2D eigenvalue weighted by molar-refractivity contribution is 5.92. The Morgan fingerprint density at radius 3 is 1.96 bits per heavy atom. The van der Waals surface area contributed by atoms with Crippen LogP contribution in [0.3, 0.4) is 0 Å². The Morgan fingerprint density at radius 2 is 1.48 bits per heavy atom.